The minimum atomic E-state index is -0.0667. The molecule has 0 spiro atoms. The minimum absolute atomic E-state index is 0.0667. The van der Waals surface area contributed by atoms with E-state index in [0.717, 1.165) is 11.1 Å². The van der Waals surface area contributed by atoms with E-state index in [-0.39, 0.29) is 11.4 Å². The van der Waals surface area contributed by atoms with Crippen LogP contribution in [0.25, 0.3) is 33.9 Å². The van der Waals surface area contributed by atoms with E-state index in [1.165, 1.54) is 22.3 Å². The summed E-state index contributed by atoms with van der Waals surface area (Å²) < 4.78 is 0. The molecule has 4 heteroatoms. The van der Waals surface area contributed by atoms with E-state index >= 15 is 0 Å². The molecule has 28 heavy (non-hydrogen) atoms. The van der Waals surface area contributed by atoms with Gasteiger partial charge in [0.2, 0.25) is 5.95 Å². The molecule has 1 aromatic heterocycles. The fraction of sp³-hybridized carbons (Fsp3) is 0.125. The van der Waals surface area contributed by atoms with Gasteiger partial charge in [-0.05, 0) is 22.3 Å². The lowest BCUT2D eigenvalue weighted by Gasteiger charge is -2.21. The number of aromatic nitrogens is 3. The smallest absolute Gasteiger partial charge is 0.224 e. The average Bonchev–Trinajstić information content (AvgIpc) is 2.96. The van der Waals surface area contributed by atoms with Crippen molar-refractivity contribution in [3.63, 3.8) is 0 Å². The third kappa shape index (κ3) is 2.42. The van der Waals surface area contributed by atoms with Crippen LogP contribution in [-0.2, 0) is 5.41 Å². The standard InChI is InChI=1S/C24H20N4/c1-24(2)18-13-7-6-11-16(18)20-17(12-8-14-19(20)24)22-26-21(27-23(25)28-22)15-9-4-3-5-10-15/h3-14H,1-2H3,(H2,25,26,27,28). The molecule has 4 nitrogen and oxygen atoms in total. The number of nitrogen functional groups attached to an aromatic ring is 1. The predicted octanol–water partition coefficient (Wildman–Crippen LogP) is 5.09. The van der Waals surface area contributed by atoms with E-state index < -0.39 is 0 Å². The van der Waals surface area contributed by atoms with Gasteiger partial charge in [-0.3, -0.25) is 0 Å². The molecule has 0 radical (unpaired) electrons. The van der Waals surface area contributed by atoms with Gasteiger partial charge in [-0.1, -0.05) is 86.6 Å². The summed E-state index contributed by atoms with van der Waals surface area (Å²) in [6, 6.07) is 24.8. The number of nitrogens with zero attached hydrogens (tertiary/aromatic N) is 3. The number of hydrogen-bond acceptors (Lipinski definition) is 4. The molecule has 1 aliphatic carbocycles. The SMILES string of the molecule is CC1(C)c2ccccc2-c2c(-c3nc(N)nc(-c4ccccc4)n3)cccc21. The second kappa shape index (κ2) is 5.99. The summed E-state index contributed by atoms with van der Waals surface area (Å²) in [6.45, 7) is 4.53. The second-order valence-corrected chi connectivity index (χ2v) is 7.61. The Morgan fingerprint density at radius 1 is 0.643 bits per heavy atom. The Labute approximate surface area is 164 Å². The monoisotopic (exact) mass is 364 g/mol. The Hall–Kier alpha value is -3.53. The van der Waals surface area contributed by atoms with Gasteiger partial charge >= 0.3 is 0 Å². The Morgan fingerprint density at radius 2 is 1.29 bits per heavy atom. The van der Waals surface area contributed by atoms with Crippen LogP contribution in [0.15, 0.2) is 72.8 Å². The number of rotatable bonds is 2. The third-order valence-corrected chi connectivity index (χ3v) is 5.53. The normalized spacial score (nSPS) is 13.8. The third-order valence-electron chi connectivity index (χ3n) is 5.53. The van der Waals surface area contributed by atoms with Crippen molar-refractivity contribution in [3.8, 4) is 33.9 Å². The number of fused-ring (bicyclic) bond motifs is 3. The summed E-state index contributed by atoms with van der Waals surface area (Å²) in [5, 5.41) is 0. The van der Waals surface area contributed by atoms with Crippen LogP contribution >= 0.6 is 0 Å². The molecule has 0 atom stereocenters. The highest BCUT2D eigenvalue weighted by Crippen LogP contribution is 2.51. The Kier molecular flexibility index (Phi) is 3.56. The van der Waals surface area contributed by atoms with Gasteiger partial charge in [0.15, 0.2) is 11.6 Å². The van der Waals surface area contributed by atoms with Crippen LogP contribution in [0, 0.1) is 0 Å². The maximum atomic E-state index is 6.06. The number of nitrogens with two attached hydrogens (primary N) is 1. The van der Waals surface area contributed by atoms with Crippen LogP contribution in [0.4, 0.5) is 5.95 Å². The van der Waals surface area contributed by atoms with Crippen LogP contribution < -0.4 is 5.73 Å². The molecular formula is C24H20N4. The maximum absolute atomic E-state index is 6.06. The van der Waals surface area contributed by atoms with Crippen LogP contribution in [-0.4, -0.2) is 15.0 Å². The van der Waals surface area contributed by atoms with Gasteiger partial charge in [-0.2, -0.15) is 9.97 Å². The molecule has 1 heterocycles. The summed E-state index contributed by atoms with van der Waals surface area (Å²) >= 11 is 0. The van der Waals surface area contributed by atoms with E-state index in [4.69, 9.17) is 10.7 Å². The van der Waals surface area contributed by atoms with Crippen molar-refractivity contribution in [1.82, 2.24) is 15.0 Å². The lowest BCUT2D eigenvalue weighted by atomic mass is 9.82. The molecule has 0 amide bonds. The van der Waals surface area contributed by atoms with Crippen molar-refractivity contribution in [2.45, 2.75) is 19.3 Å². The van der Waals surface area contributed by atoms with Crippen LogP contribution in [0.5, 0.6) is 0 Å². The zero-order valence-corrected chi connectivity index (χ0v) is 15.8. The first-order chi connectivity index (χ1) is 13.6. The van der Waals surface area contributed by atoms with Gasteiger partial charge < -0.3 is 5.73 Å². The average molecular weight is 364 g/mol. The zero-order chi connectivity index (χ0) is 19.3. The van der Waals surface area contributed by atoms with E-state index in [1.807, 2.05) is 30.3 Å². The minimum Gasteiger partial charge on any atom is -0.368 e. The molecule has 4 aromatic rings. The summed E-state index contributed by atoms with van der Waals surface area (Å²) in [5.74, 6) is 1.42. The Bertz CT molecular complexity index is 1200. The van der Waals surface area contributed by atoms with Gasteiger partial charge in [-0.25, -0.2) is 4.98 Å². The lowest BCUT2D eigenvalue weighted by Crippen LogP contribution is -2.14. The molecule has 0 unspecified atom stereocenters. The highest BCUT2D eigenvalue weighted by molar-refractivity contribution is 5.91. The van der Waals surface area contributed by atoms with Gasteiger partial charge in [0, 0.05) is 16.5 Å². The molecule has 1 aliphatic rings. The highest BCUT2D eigenvalue weighted by Gasteiger charge is 2.36. The van der Waals surface area contributed by atoms with Crippen molar-refractivity contribution >= 4 is 5.95 Å². The van der Waals surface area contributed by atoms with Gasteiger partial charge in [0.05, 0.1) is 0 Å². The Balaban J connectivity index is 1.77. The highest BCUT2D eigenvalue weighted by atomic mass is 15.1. The number of benzene rings is 3. The predicted molar refractivity (Wildman–Crippen MR) is 113 cm³/mol. The maximum Gasteiger partial charge on any atom is 0.224 e. The topological polar surface area (TPSA) is 64.7 Å². The Morgan fingerprint density at radius 3 is 2.11 bits per heavy atom. The number of anilines is 1. The largest absolute Gasteiger partial charge is 0.368 e. The molecule has 0 aliphatic heterocycles. The molecular weight excluding hydrogens is 344 g/mol. The summed E-state index contributed by atoms with van der Waals surface area (Å²) in [5.41, 5.74) is 12.9. The fourth-order valence-electron chi connectivity index (χ4n) is 4.17. The zero-order valence-electron chi connectivity index (χ0n) is 15.8. The molecule has 0 saturated heterocycles. The molecule has 0 fully saturated rings. The molecule has 136 valence electrons. The first-order valence-electron chi connectivity index (χ1n) is 9.36. The number of hydrogen-bond donors (Lipinski definition) is 1. The lowest BCUT2D eigenvalue weighted by molar-refractivity contribution is 0.660. The van der Waals surface area contributed by atoms with Crippen molar-refractivity contribution in [1.29, 1.82) is 0 Å². The van der Waals surface area contributed by atoms with Gasteiger partial charge in [-0.15, -0.1) is 0 Å². The molecule has 0 bridgehead atoms. The first kappa shape index (κ1) is 16.6. The summed E-state index contributed by atoms with van der Waals surface area (Å²) in [7, 11) is 0. The van der Waals surface area contributed by atoms with Crippen molar-refractivity contribution in [2.24, 2.45) is 0 Å². The molecule has 3 aromatic carbocycles. The van der Waals surface area contributed by atoms with E-state index in [1.54, 1.807) is 0 Å². The fourth-order valence-corrected chi connectivity index (χ4v) is 4.17. The quantitative estimate of drug-likeness (QED) is 0.538. The van der Waals surface area contributed by atoms with Gasteiger partial charge in [0.1, 0.15) is 0 Å². The van der Waals surface area contributed by atoms with E-state index in [2.05, 4.69) is 66.3 Å². The molecule has 2 N–H and O–H groups in total. The van der Waals surface area contributed by atoms with E-state index in [0.29, 0.717) is 11.6 Å². The van der Waals surface area contributed by atoms with Crippen molar-refractivity contribution in [2.75, 3.05) is 5.73 Å². The van der Waals surface area contributed by atoms with Crippen LogP contribution in [0.2, 0.25) is 0 Å². The van der Waals surface area contributed by atoms with Crippen molar-refractivity contribution < 1.29 is 0 Å². The summed E-state index contributed by atoms with van der Waals surface area (Å²) in [6.07, 6.45) is 0. The summed E-state index contributed by atoms with van der Waals surface area (Å²) in [4.78, 5) is 13.6. The van der Waals surface area contributed by atoms with Crippen LogP contribution in [0.3, 0.4) is 0 Å². The van der Waals surface area contributed by atoms with E-state index in [9.17, 15) is 0 Å². The molecule has 0 saturated carbocycles. The second-order valence-electron chi connectivity index (χ2n) is 7.61. The molecule has 5 rings (SSSR count). The van der Waals surface area contributed by atoms with Gasteiger partial charge in [0.25, 0.3) is 0 Å². The van der Waals surface area contributed by atoms with Crippen LogP contribution in [0.1, 0.15) is 25.0 Å². The van der Waals surface area contributed by atoms with Crippen molar-refractivity contribution in [3.05, 3.63) is 83.9 Å². The first-order valence-corrected chi connectivity index (χ1v) is 9.36.